The molecule has 0 aromatic heterocycles. The van der Waals surface area contributed by atoms with Gasteiger partial charge in [-0.3, -0.25) is 14.4 Å². The summed E-state index contributed by atoms with van der Waals surface area (Å²) in [6.07, 6.45) is 0.0801. The number of sulfonamides is 1. The van der Waals surface area contributed by atoms with Gasteiger partial charge in [-0.2, -0.15) is 0 Å². The van der Waals surface area contributed by atoms with Crippen molar-refractivity contribution in [3.8, 4) is 0 Å². The van der Waals surface area contributed by atoms with Crippen LogP contribution in [0.4, 0.5) is 11.4 Å². The van der Waals surface area contributed by atoms with E-state index < -0.39 is 27.9 Å². The maximum Gasteiger partial charge on any atom is 0.267 e. The van der Waals surface area contributed by atoms with Crippen LogP contribution < -0.4 is 10.6 Å². The molecule has 1 saturated heterocycles. The summed E-state index contributed by atoms with van der Waals surface area (Å²) >= 11 is 0. The van der Waals surface area contributed by atoms with E-state index in [-0.39, 0.29) is 23.6 Å². The number of anilines is 2. The second kappa shape index (κ2) is 7.81. The maximum atomic E-state index is 13.0. The van der Waals surface area contributed by atoms with Crippen molar-refractivity contribution < 1.29 is 22.8 Å². The first-order valence-electron chi connectivity index (χ1n) is 8.60. The van der Waals surface area contributed by atoms with Crippen LogP contribution in [0.2, 0.25) is 0 Å². The molecule has 8 nitrogen and oxygen atoms in total. The molecule has 146 valence electrons. The minimum absolute atomic E-state index is 0.0317. The largest absolute Gasteiger partial charge is 0.326 e. The number of amides is 3. The average Bonchev–Trinajstić information content (AvgIpc) is 3.05. The fraction of sp³-hybridized carbons (Fsp3) is 0.211. The highest BCUT2D eigenvalue weighted by Crippen LogP contribution is 2.28. The van der Waals surface area contributed by atoms with Crippen LogP contribution in [0.5, 0.6) is 0 Å². The summed E-state index contributed by atoms with van der Waals surface area (Å²) in [7, 11) is -4.21. The quantitative estimate of drug-likeness (QED) is 0.795. The Morgan fingerprint density at radius 1 is 0.964 bits per heavy atom. The van der Waals surface area contributed by atoms with E-state index in [1.165, 1.54) is 31.2 Å². The SMILES string of the molecule is CC(=O)Nc1ccc(S(=O)(=O)N2C(=O)CCC2C(=O)Nc2ccccc2)cc1. The Balaban J connectivity index is 1.85. The average molecular weight is 401 g/mol. The first-order chi connectivity index (χ1) is 13.3. The number of nitrogens with zero attached hydrogens (tertiary/aromatic N) is 1. The molecular formula is C19H19N3O5S. The maximum absolute atomic E-state index is 13.0. The van der Waals surface area contributed by atoms with Gasteiger partial charge in [-0.25, -0.2) is 12.7 Å². The molecule has 3 rings (SSSR count). The molecule has 3 amide bonds. The van der Waals surface area contributed by atoms with E-state index in [0.717, 1.165) is 0 Å². The van der Waals surface area contributed by atoms with Gasteiger partial charge < -0.3 is 10.6 Å². The molecule has 0 aliphatic carbocycles. The van der Waals surface area contributed by atoms with Crippen molar-refractivity contribution in [3.05, 3.63) is 54.6 Å². The number of benzene rings is 2. The number of nitrogens with one attached hydrogen (secondary N) is 2. The van der Waals surface area contributed by atoms with Crippen molar-refractivity contribution in [2.24, 2.45) is 0 Å². The fourth-order valence-corrected chi connectivity index (χ4v) is 4.58. The van der Waals surface area contributed by atoms with E-state index in [1.807, 2.05) is 0 Å². The summed E-state index contributed by atoms with van der Waals surface area (Å²) in [6.45, 7) is 1.34. The van der Waals surface area contributed by atoms with Crippen molar-refractivity contribution >= 4 is 39.1 Å². The Labute approximate surface area is 162 Å². The summed E-state index contributed by atoms with van der Waals surface area (Å²) in [6, 6.07) is 12.9. The van der Waals surface area contributed by atoms with Gasteiger partial charge in [-0.1, -0.05) is 18.2 Å². The summed E-state index contributed by atoms with van der Waals surface area (Å²) < 4.78 is 26.6. The van der Waals surface area contributed by atoms with Gasteiger partial charge in [-0.05, 0) is 42.8 Å². The molecule has 1 aliphatic rings. The number of para-hydroxylation sites is 1. The van der Waals surface area contributed by atoms with Crippen LogP contribution in [0.1, 0.15) is 19.8 Å². The van der Waals surface area contributed by atoms with Crippen LogP contribution in [-0.4, -0.2) is 36.5 Å². The monoisotopic (exact) mass is 401 g/mol. The van der Waals surface area contributed by atoms with Crippen LogP contribution in [-0.2, 0) is 24.4 Å². The third-order valence-corrected chi connectivity index (χ3v) is 6.08. The van der Waals surface area contributed by atoms with Crippen molar-refractivity contribution in [1.29, 1.82) is 0 Å². The van der Waals surface area contributed by atoms with Gasteiger partial charge in [0.05, 0.1) is 4.90 Å². The van der Waals surface area contributed by atoms with Crippen molar-refractivity contribution in [3.63, 3.8) is 0 Å². The molecule has 1 atom stereocenters. The van der Waals surface area contributed by atoms with Crippen molar-refractivity contribution in [1.82, 2.24) is 4.31 Å². The normalized spacial score (nSPS) is 16.7. The lowest BCUT2D eigenvalue weighted by Crippen LogP contribution is -2.45. The lowest BCUT2D eigenvalue weighted by molar-refractivity contribution is -0.128. The standard InChI is InChI=1S/C19H19N3O5S/c1-13(23)20-15-7-9-16(10-8-15)28(26,27)22-17(11-12-18(22)24)19(25)21-14-5-3-2-4-6-14/h2-10,17H,11-12H2,1H3,(H,20,23)(H,21,25). The van der Waals surface area contributed by atoms with E-state index in [1.54, 1.807) is 30.3 Å². The van der Waals surface area contributed by atoms with E-state index in [0.29, 0.717) is 15.7 Å². The third kappa shape index (κ3) is 4.04. The van der Waals surface area contributed by atoms with Gasteiger partial charge in [0, 0.05) is 24.7 Å². The first kappa shape index (κ1) is 19.6. The molecule has 2 N–H and O–H groups in total. The molecule has 2 aromatic rings. The molecule has 0 bridgehead atoms. The Kier molecular flexibility index (Phi) is 5.46. The highest BCUT2D eigenvalue weighted by atomic mass is 32.2. The molecule has 2 aromatic carbocycles. The zero-order chi connectivity index (χ0) is 20.3. The summed E-state index contributed by atoms with van der Waals surface area (Å²) in [5.41, 5.74) is 0.946. The predicted octanol–water partition coefficient (Wildman–Crippen LogP) is 1.96. The molecule has 9 heteroatoms. The molecule has 1 aliphatic heterocycles. The number of hydrogen-bond acceptors (Lipinski definition) is 5. The van der Waals surface area contributed by atoms with Crippen LogP contribution in [0.25, 0.3) is 0 Å². The summed E-state index contributed by atoms with van der Waals surface area (Å²) in [4.78, 5) is 35.8. The fourth-order valence-electron chi connectivity index (χ4n) is 2.97. The van der Waals surface area contributed by atoms with Crippen molar-refractivity contribution in [2.75, 3.05) is 10.6 Å². The van der Waals surface area contributed by atoms with Gasteiger partial charge in [0.15, 0.2) is 0 Å². The van der Waals surface area contributed by atoms with Crippen LogP contribution in [0, 0.1) is 0 Å². The minimum Gasteiger partial charge on any atom is -0.326 e. The molecule has 1 heterocycles. The zero-order valence-electron chi connectivity index (χ0n) is 15.1. The number of hydrogen-bond donors (Lipinski definition) is 2. The predicted molar refractivity (Wildman–Crippen MR) is 103 cm³/mol. The number of rotatable bonds is 5. The second-order valence-corrected chi connectivity index (χ2v) is 8.12. The lowest BCUT2D eigenvalue weighted by atomic mass is 10.2. The Bertz CT molecular complexity index is 1000. The Morgan fingerprint density at radius 2 is 1.57 bits per heavy atom. The van der Waals surface area contributed by atoms with Gasteiger partial charge >= 0.3 is 0 Å². The van der Waals surface area contributed by atoms with Crippen LogP contribution in [0.3, 0.4) is 0 Å². The molecular weight excluding hydrogens is 382 g/mol. The zero-order valence-corrected chi connectivity index (χ0v) is 15.9. The molecule has 0 saturated carbocycles. The van der Waals surface area contributed by atoms with E-state index in [9.17, 15) is 22.8 Å². The van der Waals surface area contributed by atoms with E-state index >= 15 is 0 Å². The van der Waals surface area contributed by atoms with Gasteiger partial charge in [0.1, 0.15) is 6.04 Å². The molecule has 1 fully saturated rings. The van der Waals surface area contributed by atoms with Gasteiger partial charge in [0.2, 0.25) is 17.7 Å². The summed E-state index contributed by atoms with van der Waals surface area (Å²) in [5.74, 6) is -1.47. The molecule has 0 radical (unpaired) electrons. The molecule has 1 unspecified atom stereocenters. The number of carbonyl (C=O) groups is 3. The smallest absolute Gasteiger partial charge is 0.267 e. The molecule has 28 heavy (non-hydrogen) atoms. The van der Waals surface area contributed by atoms with Gasteiger partial charge in [-0.15, -0.1) is 0 Å². The second-order valence-electron chi connectivity index (χ2n) is 6.31. The van der Waals surface area contributed by atoms with Crippen molar-refractivity contribution in [2.45, 2.75) is 30.7 Å². The lowest BCUT2D eigenvalue weighted by Gasteiger charge is -2.23. The Morgan fingerprint density at radius 3 is 2.18 bits per heavy atom. The summed E-state index contributed by atoms with van der Waals surface area (Å²) in [5, 5.41) is 5.18. The van der Waals surface area contributed by atoms with E-state index in [4.69, 9.17) is 0 Å². The van der Waals surface area contributed by atoms with Crippen LogP contribution in [0.15, 0.2) is 59.5 Å². The highest BCUT2D eigenvalue weighted by Gasteiger charge is 2.44. The minimum atomic E-state index is -4.21. The van der Waals surface area contributed by atoms with E-state index in [2.05, 4.69) is 10.6 Å². The Hall–Kier alpha value is -3.20. The topological polar surface area (TPSA) is 113 Å². The third-order valence-electron chi connectivity index (χ3n) is 4.24. The highest BCUT2D eigenvalue weighted by molar-refractivity contribution is 7.89. The first-order valence-corrected chi connectivity index (χ1v) is 10.0. The van der Waals surface area contributed by atoms with Crippen LogP contribution >= 0.6 is 0 Å². The van der Waals surface area contributed by atoms with Gasteiger partial charge in [0.25, 0.3) is 10.0 Å². The molecule has 0 spiro atoms. The number of carbonyl (C=O) groups excluding carboxylic acids is 3.